The minimum atomic E-state index is -0.772. The first kappa shape index (κ1) is 12.9. The zero-order chi connectivity index (χ0) is 13.3. The van der Waals surface area contributed by atoms with Gasteiger partial charge in [-0.2, -0.15) is 0 Å². The first-order chi connectivity index (χ1) is 8.45. The number of rotatable bonds is 5. The third-order valence-electron chi connectivity index (χ3n) is 4.06. The van der Waals surface area contributed by atoms with Gasteiger partial charge in [-0.15, -0.1) is 0 Å². The highest BCUT2D eigenvalue weighted by molar-refractivity contribution is 5.87. The maximum Gasteiger partial charge on any atom is 0.333 e. The second-order valence-corrected chi connectivity index (χ2v) is 5.32. The van der Waals surface area contributed by atoms with E-state index < -0.39 is 17.4 Å². The molecule has 0 saturated heterocycles. The van der Waals surface area contributed by atoms with Crippen LogP contribution >= 0.6 is 0 Å². The fraction of sp³-hybridized carbons (Fsp3) is 0.571. The summed E-state index contributed by atoms with van der Waals surface area (Å²) < 4.78 is 5.02. The number of carbonyl (C=O) groups is 2. The van der Waals surface area contributed by atoms with E-state index in [0.29, 0.717) is 24.3 Å². The van der Waals surface area contributed by atoms with E-state index in [1.165, 1.54) is 0 Å². The fourth-order valence-electron chi connectivity index (χ4n) is 3.04. The lowest BCUT2D eigenvalue weighted by atomic mass is 9.73. The molecule has 3 atom stereocenters. The fourth-order valence-corrected chi connectivity index (χ4v) is 3.04. The van der Waals surface area contributed by atoms with Gasteiger partial charge in [-0.1, -0.05) is 18.7 Å². The molecule has 2 bridgehead atoms. The quantitative estimate of drug-likeness (QED) is 0.461. The van der Waals surface area contributed by atoms with Crippen molar-refractivity contribution < 1.29 is 19.4 Å². The van der Waals surface area contributed by atoms with Crippen molar-refractivity contribution in [3.63, 3.8) is 0 Å². The Morgan fingerprint density at radius 1 is 1.50 bits per heavy atom. The number of esters is 1. The van der Waals surface area contributed by atoms with E-state index in [1.54, 1.807) is 6.92 Å². The molecule has 2 rings (SSSR count). The van der Waals surface area contributed by atoms with Gasteiger partial charge in [0.25, 0.3) is 0 Å². The Hall–Kier alpha value is -1.58. The van der Waals surface area contributed by atoms with Crippen LogP contribution < -0.4 is 0 Å². The van der Waals surface area contributed by atoms with Gasteiger partial charge in [0.05, 0.1) is 12.0 Å². The number of allylic oxidation sites excluding steroid dienone is 2. The molecule has 0 aromatic rings. The molecule has 98 valence electrons. The van der Waals surface area contributed by atoms with Crippen molar-refractivity contribution in [2.45, 2.75) is 26.2 Å². The van der Waals surface area contributed by atoms with E-state index >= 15 is 0 Å². The van der Waals surface area contributed by atoms with Crippen LogP contribution in [0.25, 0.3) is 0 Å². The zero-order valence-electron chi connectivity index (χ0n) is 10.5. The normalized spacial score (nSPS) is 32.5. The summed E-state index contributed by atoms with van der Waals surface area (Å²) in [6, 6.07) is 0. The highest BCUT2D eigenvalue weighted by Crippen LogP contribution is 2.54. The van der Waals surface area contributed by atoms with Crippen LogP contribution in [0, 0.1) is 17.3 Å². The Morgan fingerprint density at radius 2 is 2.22 bits per heavy atom. The van der Waals surface area contributed by atoms with Crippen molar-refractivity contribution in [2.75, 3.05) is 6.61 Å². The summed E-state index contributed by atoms with van der Waals surface area (Å²) in [6.45, 7) is 5.22. The van der Waals surface area contributed by atoms with Crippen LogP contribution in [0.15, 0.2) is 24.3 Å². The van der Waals surface area contributed by atoms with E-state index in [9.17, 15) is 14.7 Å². The molecular formula is C14H18O4. The Kier molecular flexibility index (Phi) is 3.28. The number of carbonyl (C=O) groups excluding carboxylic acids is 1. The van der Waals surface area contributed by atoms with Gasteiger partial charge in [-0.25, -0.2) is 4.79 Å². The standard InChI is InChI=1S/C14H18O4/c1-9(2)12(15)18-6-5-14(13(16)17)8-10-3-4-11(14)7-10/h3-4,10-11H,1,5-8H2,2H3,(H,16,17). The summed E-state index contributed by atoms with van der Waals surface area (Å²) in [6.07, 6.45) is 6.07. The van der Waals surface area contributed by atoms with E-state index in [0.717, 1.165) is 6.42 Å². The zero-order valence-corrected chi connectivity index (χ0v) is 10.5. The summed E-state index contributed by atoms with van der Waals surface area (Å²) >= 11 is 0. The van der Waals surface area contributed by atoms with Gasteiger partial charge in [0, 0.05) is 5.57 Å². The molecule has 0 amide bonds. The molecular weight excluding hydrogens is 232 g/mol. The first-order valence-corrected chi connectivity index (χ1v) is 6.20. The van der Waals surface area contributed by atoms with Crippen LogP contribution in [0.3, 0.4) is 0 Å². The average Bonchev–Trinajstić information content (AvgIpc) is 2.89. The summed E-state index contributed by atoms with van der Waals surface area (Å²) in [5.74, 6) is -0.758. The second-order valence-electron chi connectivity index (χ2n) is 5.32. The molecule has 1 N–H and O–H groups in total. The van der Waals surface area contributed by atoms with Gasteiger partial charge in [-0.05, 0) is 38.0 Å². The van der Waals surface area contributed by atoms with Crippen LogP contribution in [-0.2, 0) is 14.3 Å². The van der Waals surface area contributed by atoms with Gasteiger partial charge in [0.15, 0.2) is 0 Å². The summed E-state index contributed by atoms with van der Waals surface area (Å²) in [4.78, 5) is 22.8. The smallest absolute Gasteiger partial charge is 0.333 e. The average molecular weight is 250 g/mol. The first-order valence-electron chi connectivity index (χ1n) is 6.20. The number of carboxylic acids is 1. The highest BCUT2D eigenvalue weighted by Gasteiger charge is 2.53. The summed E-state index contributed by atoms with van der Waals surface area (Å²) in [5.41, 5.74) is -0.401. The van der Waals surface area contributed by atoms with E-state index in [1.807, 2.05) is 6.08 Å². The van der Waals surface area contributed by atoms with Crippen molar-refractivity contribution in [3.05, 3.63) is 24.3 Å². The topological polar surface area (TPSA) is 63.6 Å². The third kappa shape index (κ3) is 2.07. The minimum absolute atomic E-state index is 0.0866. The van der Waals surface area contributed by atoms with E-state index in [-0.39, 0.29) is 12.5 Å². The maximum absolute atomic E-state index is 11.5. The summed E-state index contributed by atoms with van der Waals surface area (Å²) in [7, 11) is 0. The van der Waals surface area contributed by atoms with Gasteiger partial charge in [0.2, 0.25) is 0 Å². The second kappa shape index (κ2) is 4.59. The van der Waals surface area contributed by atoms with Crippen LogP contribution in [0.2, 0.25) is 0 Å². The predicted molar refractivity (Wildman–Crippen MR) is 65.8 cm³/mol. The number of fused-ring (bicyclic) bond motifs is 2. The lowest BCUT2D eigenvalue weighted by molar-refractivity contribution is -0.154. The molecule has 1 saturated carbocycles. The number of carboxylic acid groups (broad SMARTS) is 1. The van der Waals surface area contributed by atoms with Crippen LogP contribution in [0.5, 0.6) is 0 Å². The summed E-state index contributed by atoms with van der Waals surface area (Å²) in [5, 5.41) is 9.47. The van der Waals surface area contributed by atoms with Crippen molar-refractivity contribution in [3.8, 4) is 0 Å². The molecule has 0 spiro atoms. The largest absolute Gasteiger partial charge is 0.481 e. The highest BCUT2D eigenvalue weighted by atomic mass is 16.5. The molecule has 3 unspecified atom stereocenters. The molecule has 0 aliphatic heterocycles. The number of ether oxygens (including phenoxy) is 1. The van der Waals surface area contributed by atoms with Crippen molar-refractivity contribution >= 4 is 11.9 Å². The molecule has 4 nitrogen and oxygen atoms in total. The predicted octanol–water partition coefficient (Wildman–Crippen LogP) is 2.16. The van der Waals surface area contributed by atoms with Gasteiger partial charge in [-0.3, -0.25) is 4.79 Å². The SMILES string of the molecule is C=C(C)C(=O)OCCC1(C(=O)O)CC2C=CC1C2. The van der Waals surface area contributed by atoms with Gasteiger partial charge < -0.3 is 9.84 Å². The number of hydrogen-bond donors (Lipinski definition) is 1. The van der Waals surface area contributed by atoms with Crippen molar-refractivity contribution in [1.82, 2.24) is 0 Å². The number of hydrogen-bond acceptors (Lipinski definition) is 3. The molecule has 0 radical (unpaired) electrons. The lowest BCUT2D eigenvalue weighted by Crippen LogP contribution is -2.36. The Bertz CT molecular complexity index is 424. The van der Waals surface area contributed by atoms with Crippen molar-refractivity contribution in [2.24, 2.45) is 17.3 Å². The monoisotopic (exact) mass is 250 g/mol. The maximum atomic E-state index is 11.5. The van der Waals surface area contributed by atoms with E-state index in [4.69, 9.17) is 4.74 Å². The van der Waals surface area contributed by atoms with Crippen LogP contribution in [-0.4, -0.2) is 23.7 Å². The Balaban J connectivity index is 1.97. The lowest BCUT2D eigenvalue weighted by Gasteiger charge is -2.30. The van der Waals surface area contributed by atoms with Crippen molar-refractivity contribution in [1.29, 1.82) is 0 Å². The Labute approximate surface area is 106 Å². The molecule has 0 aromatic heterocycles. The Morgan fingerprint density at radius 3 is 2.67 bits per heavy atom. The van der Waals surface area contributed by atoms with Crippen LogP contribution in [0.4, 0.5) is 0 Å². The molecule has 2 aliphatic rings. The van der Waals surface area contributed by atoms with Gasteiger partial charge >= 0.3 is 11.9 Å². The molecule has 18 heavy (non-hydrogen) atoms. The van der Waals surface area contributed by atoms with E-state index in [2.05, 4.69) is 12.7 Å². The third-order valence-corrected chi connectivity index (χ3v) is 4.06. The molecule has 4 heteroatoms. The minimum Gasteiger partial charge on any atom is -0.481 e. The number of aliphatic carboxylic acids is 1. The molecule has 0 heterocycles. The molecule has 0 aromatic carbocycles. The molecule has 1 fully saturated rings. The molecule has 2 aliphatic carbocycles. The van der Waals surface area contributed by atoms with Gasteiger partial charge in [0.1, 0.15) is 0 Å². The van der Waals surface area contributed by atoms with Crippen LogP contribution in [0.1, 0.15) is 26.2 Å².